The van der Waals surface area contributed by atoms with Gasteiger partial charge in [-0.1, -0.05) is 50.5 Å². The molecule has 0 aliphatic carbocycles. The molecule has 0 bridgehead atoms. The number of ether oxygens (including phenoxy) is 1. The summed E-state index contributed by atoms with van der Waals surface area (Å²) in [6, 6.07) is 18.5. The number of fused-ring (bicyclic) bond motifs is 1. The highest BCUT2D eigenvalue weighted by molar-refractivity contribution is 6.00. The lowest BCUT2D eigenvalue weighted by Crippen LogP contribution is -2.29. The number of hydrogen-bond acceptors (Lipinski definition) is 5. The Labute approximate surface area is 210 Å². The smallest absolute Gasteiger partial charge is 0.273 e. The van der Waals surface area contributed by atoms with Gasteiger partial charge in [0, 0.05) is 30.1 Å². The molecule has 5 rings (SSSR count). The number of benzene rings is 2. The number of aromatic hydroxyl groups is 1. The standard InChI is InChI=1S/C29H30N4O3/c1-2-3-4-7-18-36-22-12-10-21(11-13-22)28-25-26(23-8-5-6-9-24(23)34)31-32-27(25)29(35)33(28)19-20-14-16-30-17-15-20/h5-6,8-17,28,34H,2-4,7,18-19H2,1H3,(H,31,32). The van der Waals surface area contributed by atoms with E-state index in [-0.39, 0.29) is 17.7 Å². The number of H-pyrrole nitrogens is 1. The normalized spacial score (nSPS) is 14.8. The van der Waals surface area contributed by atoms with Gasteiger partial charge in [-0.25, -0.2) is 0 Å². The summed E-state index contributed by atoms with van der Waals surface area (Å²) in [5, 5.41) is 17.9. The second-order valence-electron chi connectivity index (χ2n) is 9.05. The molecule has 0 saturated heterocycles. The van der Waals surface area contributed by atoms with E-state index >= 15 is 0 Å². The highest BCUT2D eigenvalue weighted by Crippen LogP contribution is 2.45. The lowest BCUT2D eigenvalue weighted by atomic mass is 9.95. The number of carbonyl (C=O) groups is 1. The van der Waals surface area contributed by atoms with Crippen LogP contribution in [0.15, 0.2) is 73.1 Å². The highest BCUT2D eigenvalue weighted by Gasteiger charge is 2.42. The van der Waals surface area contributed by atoms with Crippen LogP contribution in [0.1, 0.15) is 65.8 Å². The van der Waals surface area contributed by atoms with Crippen molar-refractivity contribution >= 4 is 5.91 Å². The molecule has 7 nitrogen and oxygen atoms in total. The van der Waals surface area contributed by atoms with E-state index in [0.29, 0.717) is 30.1 Å². The van der Waals surface area contributed by atoms with E-state index in [0.717, 1.165) is 28.9 Å². The zero-order valence-electron chi connectivity index (χ0n) is 20.4. The van der Waals surface area contributed by atoms with Gasteiger partial charge >= 0.3 is 0 Å². The number of phenolic OH excluding ortho intramolecular Hbond substituents is 1. The summed E-state index contributed by atoms with van der Waals surface area (Å²) in [6.45, 7) is 3.31. The summed E-state index contributed by atoms with van der Waals surface area (Å²) in [5.41, 5.74) is 4.32. The average molecular weight is 483 g/mol. The van der Waals surface area contributed by atoms with Gasteiger partial charge < -0.3 is 14.7 Å². The Bertz CT molecular complexity index is 1320. The zero-order valence-corrected chi connectivity index (χ0v) is 20.4. The number of amides is 1. The monoisotopic (exact) mass is 482 g/mol. The SMILES string of the molecule is CCCCCCOc1ccc(C2c3c(-c4ccccc4O)n[nH]c3C(=O)N2Cc2ccncc2)cc1. The molecule has 1 unspecified atom stereocenters. The Balaban J connectivity index is 1.49. The predicted octanol–water partition coefficient (Wildman–Crippen LogP) is 5.88. The second kappa shape index (κ2) is 10.6. The van der Waals surface area contributed by atoms with Crippen molar-refractivity contribution in [2.45, 2.75) is 45.2 Å². The van der Waals surface area contributed by atoms with Crippen LogP contribution < -0.4 is 4.74 Å². The van der Waals surface area contributed by atoms with E-state index in [1.807, 2.05) is 53.4 Å². The van der Waals surface area contributed by atoms with Crippen LogP contribution >= 0.6 is 0 Å². The third-order valence-electron chi connectivity index (χ3n) is 6.59. The average Bonchev–Trinajstić information content (AvgIpc) is 3.44. The summed E-state index contributed by atoms with van der Waals surface area (Å²) in [5.74, 6) is 0.809. The number of nitrogens with one attached hydrogen (secondary N) is 1. The van der Waals surface area contributed by atoms with Gasteiger partial charge in [-0.05, 0) is 53.9 Å². The molecule has 0 radical (unpaired) electrons. The van der Waals surface area contributed by atoms with Crippen molar-refractivity contribution in [2.24, 2.45) is 0 Å². The molecule has 0 fully saturated rings. The molecule has 0 saturated carbocycles. The lowest BCUT2D eigenvalue weighted by molar-refractivity contribution is 0.0730. The Morgan fingerprint density at radius 3 is 2.53 bits per heavy atom. The third kappa shape index (κ3) is 4.69. The number of nitrogens with zero attached hydrogens (tertiary/aromatic N) is 3. The fraction of sp³-hybridized carbons (Fsp3) is 0.276. The number of phenols is 1. The topological polar surface area (TPSA) is 91.3 Å². The molecular weight excluding hydrogens is 452 g/mol. The first-order chi connectivity index (χ1) is 17.7. The minimum Gasteiger partial charge on any atom is -0.507 e. The van der Waals surface area contributed by atoms with Crippen molar-refractivity contribution in [2.75, 3.05) is 6.61 Å². The van der Waals surface area contributed by atoms with E-state index < -0.39 is 0 Å². The van der Waals surface area contributed by atoms with Crippen molar-refractivity contribution in [3.05, 3.63) is 95.4 Å². The number of para-hydroxylation sites is 1. The van der Waals surface area contributed by atoms with E-state index in [2.05, 4.69) is 22.1 Å². The van der Waals surface area contributed by atoms with Crippen LogP contribution in [-0.4, -0.2) is 37.7 Å². The molecule has 1 aliphatic heterocycles. The first-order valence-corrected chi connectivity index (χ1v) is 12.5. The van der Waals surface area contributed by atoms with Crippen LogP contribution in [0.25, 0.3) is 11.3 Å². The fourth-order valence-electron chi connectivity index (χ4n) is 4.74. The van der Waals surface area contributed by atoms with Gasteiger partial charge in [-0.15, -0.1) is 0 Å². The first-order valence-electron chi connectivity index (χ1n) is 12.5. The molecule has 36 heavy (non-hydrogen) atoms. The summed E-state index contributed by atoms with van der Waals surface area (Å²) < 4.78 is 5.94. The lowest BCUT2D eigenvalue weighted by Gasteiger charge is -2.26. The van der Waals surface area contributed by atoms with Crippen LogP contribution in [-0.2, 0) is 6.54 Å². The van der Waals surface area contributed by atoms with E-state index in [1.165, 1.54) is 19.3 Å². The Morgan fingerprint density at radius 1 is 1.00 bits per heavy atom. The van der Waals surface area contributed by atoms with E-state index in [4.69, 9.17) is 4.74 Å². The summed E-state index contributed by atoms with van der Waals surface area (Å²) >= 11 is 0. The van der Waals surface area contributed by atoms with Gasteiger partial charge in [0.1, 0.15) is 22.9 Å². The van der Waals surface area contributed by atoms with Gasteiger partial charge in [-0.2, -0.15) is 5.10 Å². The summed E-state index contributed by atoms with van der Waals surface area (Å²) in [6.07, 6.45) is 8.08. The first kappa shape index (κ1) is 23.6. The number of carbonyl (C=O) groups excluding carboxylic acids is 1. The number of pyridine rings is 1. The molecule has 2 aromatic heterocycles. The van der Waals surface area contributed by atoms with Crippen LogP contribution in [0.5, 0.6) is 11.5 Å². The van der Waals surface area contributed by atoms with Gasteiger partial charge in [0.25, 0.3) is 5.91 Å². The summed E-state index contributed by atoms with van der Waals surface area (Å²) in [4.78, 5) is 19.5. The number of aromatic amines is 1. The van der Waals surface area contributed by atoms with Crippen molar-refractivity contribution in [3.63, 3.8) is 0 Å². The molecule has 2 N–H and O–H groups in total. The fourth-order valence-corrected chi connectivity index (χ4v) is 4.74. The molecule has 184 valence electrons. The van der Waals surface area contributed by atoms with Crippen molar-refractivity contribution < 1.29 is 14.6 Å². The molecule has 0 spiro atoms. The number of unbranched alkanes of at least 4 members (excludes halogenated alkanes) is 3. The maximum atomic E-state index is 13.6. The quantitative estimate of drug-likeness (QED) is 0.275. The maximum absolute atomic E-state index is 13.6. The van der Waals surface area contributed by atoms with Gasteiger partial charge in [0.15, 0.2) is 0 Å². The number of hydrogen-bond donors (Lipinski definition) is 2. The maximum Gasteiger partial charge on any atom is 0.273 e. The molecule has 1 amide bonds. The molecule has 1 aliphatic rings. The van der Waals surface area contributed by atoms with E-state index in [9.17, 15) is 9.90 Å². The largest absolute Gasteiger partial charge is 0.507 e. The molecule has 2 aromatic carbocycles. The van der Waals surface area contributed by atoms with Crippen molar-refractivity contribution in [1.82, 2.24) is 20.1 Å². The second-order valence-corrected chi connectivity index (χ2v) is 9.05. The number of rotatable bonds is 10. The summed E-state index contributed by atoms with van der Waals surface area (Å²) in [7, 11) is 0. The minimum absolute atomic E-state index is 0.123. The van der Waals surface area contributed by atoms with Crippen molar-refractivity contribution in [1.29, 1.82) is 0 Å². The van der Waals surface area contributed by atoms with Crippen LogP contribution in [0.2, 0.25) is 0 Å². The van der Waals surface area contributed by atoms with Gasteiger partial charge in [-0.3, -0.25) is 14.9 Å². The van der Waals surface area contributed by atoms with Crippen LogP contribution in [0, 0.1) is 0 Å². The molecule has 4 aromatic rings. The molecular formula is C29H30N4O3. The Kier molecular flexibility index (Phi) is 6.98. The van der Waals surface area contributed by atoms with Gasteiger partial charge in [0.05, 0.1) is 12.6 Å². The minimum atomic E-state index is -0.368. The van der Waals surface area contributed by atoms with Crippen LogP contribution in [0.3, 0.4) is 0 Å². The van der Waals surface area contributed by atoms with Crippen molar-refractivity contribution in [3.8, 4) is 22.8 Å². The molecule has 7 heteroatoms. The van der Waals surface area contributed by atoms with E-state index in [1.54, 1.807) is 24.5 Å². The Morgan fingerprint density at radius 2 is 1.78 bits per heavy atom. The highest BCUT2D eigenvalue weighted by atomic mass is 16.5. The van der Waals surface area contributed by atoms with Crippen LogP contribution in [0.4, 0.5) is 0 Å². The Hall–Kier alpha value is -4.13. The third-order valence-corrected chi connectivity index (χ3v) is 6.59. The number of aromatic nitrogens is 3. The molecule has 3 heterocycles. The molecule has 1 atom stereocenters. The zero-order chi connectivity index (χ0) is 24.9. The predicted molar refractivity (Wildman–Crippen MR) is 138 cm³/mol. The van der Waals surface area contributed by atoms with Gasteiger partial charge in [0.2, 0.25) is 0 Å².